The van der Waals surface area contributed by atoms with E-state index in [2.05, 4.69) is 48.2 Å². The van der Waals surface area contributed by atoms with Crippen LogP contribution in [0, 0.1) is 12.8 Å². The lowest BCUT2D eigenvalue weighted by Crippen LogP contribution is -2.39. The maximum atomic E-state index is 12.6. The molecule has 1 aromatic heterocycles. The van der Waals surface area contributed by atoms with Gasteiger partial charge in [0.15, 0.2) is 0 Å². The summed E-state index contributed by atoms with van der Waals surface area (Å²) in [5, 5.41) is 3.12. The second-order valence-electron chi connectivity index (χ2n) is 8.16. The molecule has 0 unspecified atom stereocenters. The van der Waals surface area contributed by atoms with E-state index in [0.29, 0.717) is 19.0 Å². The summed E-state index contributed by atoms with van der Waals surface area (Å²) in [5.74, 6) is 1.12. The molecule has 0 bridgehead atoms. The molecule has 2 atom stereocenters. The second-order valence-corrected chi connectivity index (χ2v) is 8.16. The molecule has 1 aromatic rings. The first-order valence-electron chi connectivity index (χ1n) is 9.92. The van der Waals surface area contributed by atoms with Crippen molar-refractivity contribution in [1.82, 2.24) is 25.1 Å². The number of nitrogens with zero attached hydrogens (tertiary/aromatic N) is 4. The van der Waals surface area contributed by atoms with Crippen LogP contribution in [-0.4, -0.2) is 72.5 Å². The highest BCUT2D eigenvalue weighted by atomic mass is 16.1. The monoisotopic (exact) mass is 359 g/mol. The van der Waals surface area contributed by atoms with Gasteiger partial charge in [-0.15, -0.1) is 0 Å². The lowest BCUT2D eigenvalue weighted by atomic mass is 10.0. The zero-order valence-corrected chi connectivity index (χ0v) is 16.7. The number of aryl methyl sites for hydroxylation is 2. The van der Waals surface area contributed by atoms with Crippen molar-refractivity contribution in [3.8, 4) is 0 Å². The van der Waals surface area contributed by atoms with Crippen LogP contribution >= 0.6 is 0 Å². The normalized spacial score (nSPS) is 23.7. The Balaban J connectivity index is 1.50. The Morgan fingerprint density at radius 3 is 2.81 bits per heavy atom. The number of carbonyl (C=O) groups is 1. The number of likely N-dealkylation sites (tertiary alicyclic amines) is 1. The Kier molecular flexibility index (Phi) is 6.24. The molecule has 0 radical (unpaired) electrons. The first-order valence-corrected chi connectivity index (χ1v) is 9.92. The van der Waals surface area contributed by atoms with E-state index in [1.165, 1.54) is 17.7 Å². The maximum absolute atomic E-state index is 12.6. The van der Waals surface area contributed by atoms with Gasteiger partial charge in [0, 0.05) is 43.5 Å². The van der Waals surface area contributed by atoms with Gasteiger partial charge in [0.25, 0.3) is 0 Å². The fraction of sp³-hybridized carbons (Fsp3) is 0.750. The second kappa shape index (κ2) is 8.44. The van der Waals surface area contributed by atoms with Crippen LogP contribution in [0.5, 0.6) is 0 Å². The van der Waals surface area contributed by atoms with Gasteiger partial charge < -0.3 is 15.1 Å². The van der Waals surface area contributed by atoms with E-state index in [-0.39, 0.29) is 11.8 Å². The lowest BCUT2D eigenvalue weighted by Gasteiger charge is -2.25. The molecule has 6 nitrogen and oxygen atoms in total. The molecule has 1 saturated heterocycles. The predicted octanol–water partition coefficient (Wildman–Crippen LogP) is 1.20. The number of carbonyl (C=O) groups excluding carboxylic acids is 1. The van der Waals surface area contributed by atoms with Crippen molar-refractivity contribution in [1.29, 1.82) is 0 Å². The molecular formula is C20H33N5O. The minimum atomic E-state index is 0.0765. The molecule has 0 saturated carbocycles. The average Bonchev–Trinajstić information content (AvgIpc) is 2.96. The van der Waals surface area contributed by atoms with Crippen LogP contribution in [0.3, 0.4) is 0 Å². The Hall–Kier alpha value is -1.53. The molecule has 1 amide bonds. The minimum absolute atomic E-state index is 0.0765. The molecule has 3 rings (SSSR count). The van der Waals surface area contributed by atoms with Crippen molar-refractivity contribution in [2.75, 3.05) is 40.8 Å². The van der Waals surface area contributed by atoms with E-state index in [4.69, 9.17) is 4.98 Å². The summed E-state index contributed by atoms with van der Waals surface area (Å²) in [6.45, 7) is 4.56. The van der Waals surface area contributed by atoms with Gasteiger partial charge in [0.2, 0.25) is 5.91 Å². The van der Waals surface area contributed by atoms with E-state index >= 15 is 0 Å². The fourth-order valence-corrected chi connectivity index (χ4v) is 4.26. The SMILES string of the molecule is Cc1nc(CCNC(=O)[C@@H]2CC[C@H](N(C)C)CN(C)C2)nc2c1CCC2. The maximum Gasteiger partial charge on any atom is 0.224 e. The summed E-state index contributed by atoms with van der Waals surface area (Å²) in [6.07, 6.45) is 6.10. The number of hydrogen-bond donors (Lipinski definition) is 1. The molecule has 1 aliphatic carbocycles. The molecule has 1 N–H and O–H groups in total. The van der Waals surface area contributed by atoms with Gasteiger partial charge in [-0.1, -0.05) is 0 Å². The first-order chi connectivity index (χ1) is 12.4. The van der Waals surface area contributed by atoms with Crippen molar-refractivity contribution in [3.63, 3.8) is 0 Å². The number of aromatic nitrogens is 2. The Morgan fingerprint density at radius 2 is 2.04 bits per heavy atom. The summed E-state index contributed by atoms with van der Waals surface area (Å²) in [5.41, 5.74) is 3.68. The van der Waals surface area contributed by atoms with Crippen LogP contribution in [0.1, 0.15) is 42.0 Å². The zero-order valence-electron chi connectivity index (χ0n) is 16.7. The van der Waals surface area contributed by atoms with Crippen LogP contribution in [0.4, 0.5) is 0 Å². The first kappa shape index (κ1) is 19.2. The summed E-state index contributed by atoms with van der Waals surface area (Å²) < 4.78 is 0. The number of hydrogen-bond acceptors (Lipinski definition) is 5. The van der Waals surface area contributed by atoms with Crippen LogP contribution in [0.15, 0.2) is 0 Å². The number of amides is 1. The molecule has 0 spiro atoms. The fourth-order valence-electron chi connectivity index (χ4n) is 4.26. The van der Waals surface area contributed by atoms with Crippen LogP contribution in [-0.2, 0) is 24.1 Å². The van der Waals surface area contributed by atoms with Gasteiger partial charge in [0.1, 0.15) is 5.82 Å². The van der Waals surface area contributed by atoms with Crippen molar-refractivity contribution in [2.24, 2.45) is 5.92 Å². The Morgan fingerprint density at radius 1 is 1.23 bits per heavy atom. The third-order valence-corrected chi connectivity index (χ3v) is 5.84. The number of fused-ring (bicyclic) bond motifs is 1. The molecule has 1 fully saturated rings. The van der Waals surface area contributed by atoms with Gasteiger partial charge in [-0.25, -0.2) is 9.97 Å². The summed E-state index contributed by atoms with van der Waals surface area (Å²) >= 11 is 0. The van der Waals surface area contributed by atoms with E-state index in [0.717, 1.165) is 50.3 Å². The van der Waals surface area contributed by atoms with E-state index in [1.54, 1.807) is 0 Å². The van der Waals surface area contributed by atoms with Gasteiger partial charge in [-0.3, -0.25) is 4.79 Å². The summed E-state index contributed by atoms with van der Waals surface area (Å²) in [6, 6.07) is 0.528. The Labute approximate surface area is 157 Å². The van der Waals surface area contributed by atoms with E-state index in [1.807, 2.05) is 0 Å². The highest BCUT2D eigenvalue weighted by molar-refractivity contribution is 5.78. The largest absolute Gasteiger partial charge is 0.355 e. The highest BCUT2D eigenvalue weighted by Gasteiger charge is 2.27. The highest BCUT2D eigenvalue weighted by Crippen LogP contribution is 2.22. The standard InChI is InChI=1S/C20H33N5O/c1-14-17-6-5-7-18(17)23-19(22-14)10-11-21-20(26)15-8-9-16(24(2)3)13-25(4)12-15/h15-16H,5-13H2,1-4H3,(H,21,26)/t15-,16+/m1/s1. The van der Waals surface area contributed by atoms with E-state index < -0.39 is 0 Å². The predicted molar refractivity (Wildman–Crippen MR) is 103 cm³/mol. The van der Waals surface area contributed by atoms with Crippen molar-refractivity contribution >= 4 is 5.91 Å². The topological polar surface area (TPSA) is 61.4 Å². The van der Waals surface area contributed by atoms with E-state index in [9.17, 15) is 4.79 Å². The third kappa shape index (κ3) is 4.60. The van der Waals surface area contributed by atoms with Gasteiger partial charge in [-0.05, 0) is 65.7 Å². The lowest BCUT2D eigenvalue weighted by molar-refractivity contribution is -0.125. The van der Waals surface area contributed by atoms with Crippen LogP contribution < -0.4 is 5.32 Å². The number of likely N-dealkylation sites (N-methyl/N-ethyl adjacent to an activating group) is 2. The van der Waals surface area contributed by atoms with Crippen LogP contribution in [0.25, 0.3) is 0 Å². The summed E-state index contributed by atoms with van der Waals surface area (Å²) in [7, 11) is 6.36. The van der Waals surface area contributed by atoms with Crippen molar-refractivity contribution < 1.29 is 4.79 Å². The Bertz CT molecular complexity index is 645. The quantitative estimate of drug-likeness (QED) is 0.856. The van der Waals surface area contributed by atoms with Gasteiger partial charge >= 0.3 is 0 Å². The molecule has 6 heteroatoms. The molecule has 0 aromatic carbocycles. The van der Waals surface area contributed by atoms with Gasteiger partial charge in [-0.2, -0.15) is 0 Å². The average molecular weight is 360 g/mol. The molecule has 2 heterocycles. The van der Waals surface area contributed by atoms with Crippen LogP contribution in [0.2, 0.25) is 0 Å². The summed E-state index contributed by atoms with van der Waals surface area (Å²) in [4.78, 5) is 26.5. The molecule has 144 valence electrons. The molecule has 1 aliphatic heterocycles. The van der Waals surface area contributed by atoms with Crippen molar-refractivity contribution in [3.05, 3.63) is 22.8 Å². The third-order valence-electron chi connectivity index (χ3n) is 5.84. The molecule has 26 heavy (non-hydrogen) atoms. The number of rotatable bonds is 5. The number of nitrogens with one attached hydrogen (secondary N) is 1. The smallest absolute Gasteiger partial charge is 0.224 e. The van der Waals surface area contributed by atoms with Crippen molar-refractivity contribution in [2.45, 2.75) is 51.5 Å². The zero-order chi connectivity index (χ0) is 18.7. The van der Waals surface area contributed by atoms with Gasteiger partial charge in [0.05, 0.1) is 5.92 Å². The molecular weight excluding hydrogens is 326 g/mol. The minimum Gasteiger partial charge on any atom is -0.355 e. The molecule has 2 aliphatic rings.